The number of phenols is 1. The number of carbonyl (C=O) groups is 3. The van der Waals surface area contributed by atoms with E-state index in [0.29, 0.717) is 5.56 Å². The fourth-order valence-corrected chi connectivity index (χ4v) is 5.45. The van der Waals surface area contributed by atoms with Gasteiger partial charge >= 0.3 is 0 Å². The number of hydrogen-bond acceptors (Lipinski definition) is 8. The number of hydrogen-bond donors (Lipinski definition) is 5. The quantitative estimate of drug-likeness (QED) is 0.414. The van der Waals surface area contributed by atoms with Crippen molar-refractivity contribution in [1.82, 2.24) is 4.90 Å². The predicted octanol–water partition coefficient (Wildman–Crippen LogP) is 0.774. The number of primary amides is 1. The number of nitrogens with zero attached hydrogens (tertiary/aromatic N) is 1. The standard InChI is InChI=1S/C21H21ClN2O7/c1-24(2)15-9-6-7-5-8-10(22)3-4-11(25)13(8)16(26)12(7)18(28)21(9,31)19(29)14(17(15)27)20(23)30/h3-4,7,9,15,25,27-28,31H,5-6H2,1-2H3,(H2,23,30)/t7-,9-,15-,21-/m0/s1. The molecule has 3 aliphatic carbocycles. The summed E-state index contributed by atoms with van der Waals surface area (Å²) in [5.41, 5.74) is 1.89. The highest BCUT2D eigenvalue weighted by Gasteiger charge is 2.63. The summed E-state index contributed by atoms with van der Waals surface area (Å²) in [5, 5.41) is 43.6. The van der Waals surface area contributed by atoms with Crippen LogP contribution in [0, 0.1) is 11.8 Å². The lowest BCUT2D eigenvalue weighted by Gasteiger charge is -2.50. The van der Waals surface area contributed by atoms with E-state index in [-0.39, 0.29) is 34.8 Å². The molecular formula is C21H21ClN2O7. The Morgan fingerprint density at radius 2 is 1.87 bits per heavy atom. The first-order valence-electron chi connectivity index (χ1n) is 9.58. The second-order valence-electron chi connectivity index (χ2n) is 8.38. The fourth-order valence-electron chi connectivity index (χ4n) is 5.21. The van der Waals surface area contributed by atoms with Gasteiger partial charge in [0.25, 0.3) is 5.91 Å². The smallest absolute Gasteiger partial charge is 0.255 e. The molecule has 4 atom stereocenters. The summed E-state index contributed by atoms with van der Waals surface area (Å²) < 4.78 is 0. The highest BCUT2D eigenvalue weighted by atomic mass is 35.5. The maximum Gasteiger partial charge on any atom is 0.255 e. The lowest BCUT2D eigenvalue weighted by atomic mass is 9.58. The summed E-state index contributed by atoms with van der Waals surface area (Å²) in [4.78, 5) is 39.7. The number of Topliss-reactive ketones (excluding diaryl/α,β-unsaturated/α-hetero) is 2. The third-order valence-corrected chi connectivity index (χ3v) is 6.90. The van der Waals surface area contributed by atoms with Crippen molar-refractivity contribution in [2.24, 2.45) is 17.6 Å². The van der Waals surface area contributed by atoms with Crippen molar-refractivity contribution in [3.63, 3.8) is 0 Å². The number of aliphatic hydroxyl groups is 3. The molecule has 0 saturated heterocycles. The van der Waals surface area contributed by atoms with Gasteiger partial charge in [0.15, 0.2) is 11.4 Å². The molecule has 0 aliphatic heterocycles. The van der Waals surface area contributed by atoms with Crippen LogP contribution in [-0.4, -0.2) is 68.5 Å². The number of amides is 1. The maximum atomic E-state index is 13.2. The van der Waals surface area contributed by atoms with Crippen LogP contribution in [0.5, 0.6) is 5.75 Å². The van der Waals surface area contributed by atoms with Gasteiger partial charge in [-0.15, -0.1) is 0 Å². The number of fused-ring (bicyclic) bond motifs is 3. The summed E-state index contributed by atoms with van der Waals surface area (Å²) in [6, 6.07) is 1.68. The highest BCUT2D eigenvalue weighted by Crippen LogP contribution is 2.52. The third kappa shape index (κ3) is 2.67. The van der Waals surface area contributed by atoms with Crippen molar-refractivity contribution in [3.05, 3.63) is 50.9 Å². The van der Waals surface area contributed by atoms with Crippen LogP contribution in [0.1, 0.15) is 22.3 Å². The molecule has 164 valence electrons. The monoisotopic (exact) mass is 448 g/mol. The minimum Gasteiger partial charge on any atom is -0.510 e. The molecule has 0 aromatic heterocycles. The molecule has 3 aliphatic rings. The molecule has 1 amide bonds. The number of likely N-dealkylation sites (N-methyl/N-ethyl adjacent to an activating group) is 1. The largest absolute Gasteiger partial charge is 0.510 e. The summed E-state index contributed by atoms with van der Waals surface area (Å²) in [5.74, 6) is -6.82. The molecule has 0 radical (unpaired) electrons. The van der Waals surface area contributed by atoms with Gasteiger partial charge in [-0.3, -0.25) is 19.3 Å². The average Bonchev–Trinajstić information content (AvgIpc) is 2.67. The molecular weight excluding hydrogens is 428 g/mol. The predicted molar refractivity (Wildman–Crippen MR) is 109 cm³/mol. The zero-order chi connectivity index (χ0) is 23.0. The van der Waals surface area contributed by atoms with E-state index >= 15 is 0 Å². The van der Waals surface area contributed by atoms with E-state index in [2.05, 4.69) is 0 Å². The Morgan fingerprint density at radius 3 is 2.45 bits per heavy atom. The molecule has 4 rings (SSSR count). The first-order chi connectivity index (χ1) is 14.4. The number of rotatable bonds is 2. The normalized spacial score (nSPS) is 30.3. The van der Waals surface area contributed by atoms with Gasteiger partial charge in [0.2, 0.25) is 5.78 Å². The Labute approximate surface area is 182 Å². The van der Waals surface area contributed by atoms with Gasteiger partial charge in [-0.05, 0) is 50.6 Å². The molecule has 1 aromatic rings. The van der Waals surface area contributed by atoms with Gasteiger partial charge in [-0.1, -0.05) is 11.6 Å². The maximum absolute atomic E-state index is 13.2. The van der Waals surface area contributed by atoms with Crippen molar-refractivity contribution in [1.29, 1.82) is 0 Å². The van der Waals surface area contributed by atoms with Crippen LogP contribution >= 0.6 is 11.6 Å². The molecule has 31 heavy (non-hydrogen) atoms. The number of benzene rings is 1. The van der Waals surface area contributed by atoms with E-state index in [1.807, 2.05) is 0 Å². The van der Waals surface area contributed by atoms with E-state index in [9.17, 15) is 34.8 Å². The number of carbonyl (C=O) groups excluding carboxylic acids is 3. The van der Waals surface area contributed by atoms with Crippen LogP contribution in [0.2, 0.25) is 5.02 Å². The lowest BCUT2D eigenvalue weighted by molar-refractivity contribution is -0.148. The Kier molecular flexibility index (Phi) is 4.69. The van der Waals surface area contributed by atoms with Crippen molar-refractivity contribution in [2.45, 2.75) is 24.5 Å². The SMILES string of the molecule is CN(C)[C@@H]1C(O)=C(C(N)=O)C(=O)[C@@]2(O)C(O)=C3C(=O)c4c(O)ccc(Cl)c4C[C@H]3C[C@@H]12. The summed E-state index contributed by atoms with van der Waals surface area (Å²) >= 11 is 6.24. The summed E-state index contributed by atoms with van der Waals surface area (Å²) in [6.45, 7) is 0. The number of phenolic OH excluding ortho intramolecular Hbond substituents is 1. The summed E-state index contributed by atoms with van der Waals surface area (Å²) in [6.07, 6.45) is 0.194. The second-order valence-corrected chi connectivity index (χ2v) is 8.79. The van der Waals surface area contributed by atoms with Crippen molar-refractivity contribution >= 4 is 29.1 Å². The zero-order valence-electron chi connectivity index (χ0n) is 16.7. The third-order valence-electron chi connectivity index (χ3n) is 6.55. The van der Waals surface area contributed by atoms with E-state index in [1.54, 1.807) is 14.1 Å². The Morgan fingerprint density at radius 1 is 1.23 bits per heavy atom. The fraction of sp³-hybridized carbons (Fsp3) is 0.381. The van der Waals surface area contributed by atoms with Gasteiger partial charge in [-0.2, -0.15) is 0 Å². The van der Waals surface area contributed by atoms with E-state index < -0.39 is 58.0 Å². The summed E-state index contributed by atoms with van der Waals surface area (Å²) in [7, 11) is 3.14. The van der Waals surface area contributed by atoms with Gasteiger partial charge in [-0.25, -0.2) is 0 Å². The van der Waals surface area contributed by atoms with Crippen molar-refractivity contribution in [2.75, 3.05) is 14.1 Å². The first kappa shape index (κ1) is 21.4. The minimum atomic E-state index is -2.64. The second kappa shape index (κ2) is 6.81. The molecule has 10 heteroatoms. The van der Waals surface area contributed by atoms with Crippen LogP contribution < -0.4 is 5.73 Å². The Hall–Kier alpha value is -2.88. The van der Waals surface area contributed by atoms with E-state index in [1.165, 1.54) is 17.0 Å². The number of aromatic hydroxyl groups is 1. The molecule has 0 unspecified atom stereocenters. The van der Waals surface area contributed by atoms with Crippen LogP contribution in [0.15, 0.2) is 34.8 Å². The number of nitrogens with two attached hydrogens (primary N) is 1. The van der Waals surface area contributed by atoms with Gasteiger partial charge in [0.05, 0.1) is 11.6 Å². The van der Waals surface area contributed by atoms with Gasteiger partial charge < -0.3 is 26.2 Å². The Bertz CT molecular complexity index is 1120. The van der Waals surface area contributed by atoms with Crippen LogP contribution in [0.4, 0.5) is 0 Å². The topological polar surface area (TPSA) is 161 Å². The molecule has 6 N–H and O–H groups in total. The number of aliphatic hydroxyl groups excluding tert-OH is 2. The molecule has 0 saturated carbocycles. The van der Waals surface area contributed by atoms with E-state index in [0.717, 1.165) is 0 Å². The number of ketones is 2. The molecule has 1 aromatic carbocycles. The van der Waals surface area contributed by atoms with Gasteiger partial charge in [0.1, 0.15) is 22.8 Å². The molecule has 0 bridgehead atoms. The van der Waals surface area contributed by atoms with E-state index in [4.69, 9.17) is 17.3 Å². The highest BCUT2D eigenvalue weighted by molar-refractivity contribution is 6.32. The minimum absolute atomic E-state index is 0.0255. The zero-order valence-corrected chi connectivity index (χ0v) is 17.5. The first-order valence-corrected chi connectivity index (χ1v) is 9.95. The van der Waals surface area contributed by atoms with Crippen LogP contribution in [0.3, 0.4) is 0 Å². The molecule has 0 heterocycles. The molecule has 0 fully saturated rings. The van der Waals surface area contributed by atoms with Crippen molar-refractivity contribution < 1.29 is 34.8 Å². The van der Waals surface area contributed by atoms with Crippen molar-refractivity contribution in [3.8, 4) is 5.75 Å². The lowest BCUT2D eigenvalue weighted by Crippen LogP contribution is -2.63. The van der Waals surface area contributed by atoms with Gasteiger partial charge in [0, 0.05) is 16.5 Å². The molecule has 0 spiro atoms. The molecule has 9 nitrogen and oxygen atoms in total. The van der Waals surface area contributed by atoms with Crippen LogP contribution in [-0.2, 0) is 16.0 Å². The average molecular weight is 449 g/mol. The number of halogens is 1. The Balaban J connectivity index is 1.98. The number of allylic oxidation sites excluding steroid dienone is 1. The van der Waals surface area contributed by atoms with Crippen LogP contribution in [0.25, 0.3) is 0 Å².